The van der Waals surface area contributed by atoms with Crippen LogP contribution in [-0.2, 0) is 4.74 Å². The molecule has 0 aliphatic carbocycles. The second kappa shape index (κ2) is 5.57. The van der Waals surface area contributed by atoms with Gasteiger partial charge >= 0.3 is 0 Å². The molecular formula is C9H16ClNO. The highest BCUT2D eigenvalue weighted by Gasteiger charge is 2.18. The van der Waals surface area contributed by atoms with Crippen molar-refractivity contribution in [3.63, 3.8) is 0 Å². The van der Waals surface area contributed by atoms with E-state index in [9.17, 15) is 0 Å². The molecule has 0 radical (unpaired) electrons. The van der Waals surface area contributed by atoms with E-state index in [0.29, 0.717) is 11.9 Å². The van der Waals surface area contributed by atoms with Crippen molar-refractivity contribution in [3.05, 3.63) is 12.2 Å². The number of halogens is 1. The van der Waals surface area contributed by atoms with Crippen molar-refractivity contribution >= 4 is 11.6 Å². The highest BCUT2D eigenvalue weighted by molar-refractivity contribution is 6.18. The van der Waals surface area contributed by atoms with Gasteiger partial charge in [-0.2, -0.15) is 0 Å². The van der Waals surface area contributed by atoms with E-state index in [4.69, 9.17) is 16.3 Å². The average molecular weight is 190 g/mol. The van der Waals surface area contributed by atoms with Crippen molar-refractivity contribution in [2.24, 2.45) is 0 Å². The van der Waals surface area contributed by atoms with Gasteiger partial charge in [0, 0.05) is 25.1 Å². The molecule has 1 atom stereocenters. The number of rotatable bonds is 4. The number of allylic oxidation sites excluding steroid dienone is 1. The monoisotopic (exact) mass is 189 g/mol. The molecule has 0 N–H and O–H groups in total. The number of likely N-dealkylation sites (N-methyl/N-ethyl adjacent to an activating group) is 1. The van der Waals surface area contributed by atoms with Gasteiger partial charge < -0.3 is 4.74 Å². The van der Waals surface area contributed by atoms with Gasteiger partial charge in [-0.15, -0.1) is 11.6 Å². The molecule has 1 unspecified atom stereocenters. The van der Waals surface area contributed by atoms with E-state index in [1.165, 1.54) is 0 Å². The fraction of sp³-hybridized carbons (Fsp3) is 0.778. The summed E-state index contributed by atoms with van der Waals surface area (Å²) in [6.07, 6.45) is 5.24. The van der Waals surface area contributed by atoms with Gasteiger partial charge in [-0.1, -0.05) is 12.2 Å². The molecule has 70 valence electrons. The third-order valence-corrected chi connectivity index (χ3v) is 2.36. The Balaban J connectivity index is 2.17. The molecule has 3 heteroatoms. The van der Waals surface area contributed by atoms with Crippen LogP contribution in [0.15, 0.2) is 12.2 Å². The summed E-state index contributed by atoms with van der Waals surface area (Å²) >= 11 is 5.51. The Labute approximate surface area is 79.1 Å². The number of nitrogens with zero attached hydrogens (tertiary/aromatic N) is 1. The first-order valence-electron chi connectivity index (χ1n) is 4.33. The van der Waals surface area contributed by atoms with Crippen LogP contribution >= 0.6 is 11.6 Å². The van der Waals surface area contributed by atoms with Crippen LogP contribution in [0.4, 0.5) is 0 Å². The Morgan fingerprint density at radius 2 is 2.42 bits per heavy atom. The number of hydrogen-bond donors (Lipinski definition) is 0. The minimum Gasteiger partial charge on any atom is -0.380 e. The van der Waals surface area contributed by atoms with Crippen molar-refractivity contribution in [2.45, 2.75) is 12.5 Å². The number of ether oxygens (including phenoxy) is 1. The van der Waals surface area contributed by atoms with Crippen molar-refractivity contribution in [1.82, 2.24) is 4.90 Å². The molecule has 0 aromatic rings. The third-order valence-electron chi connectivity index (χ3n) is 2.18. The van der Waals surface area contributed by atoms with Crippen molar-refractivity contribution in [2.75, 3.05) is 32.7 Å². The van der Waals surface area contributed by atoms with E-state index < -0.39 is 0 Å². The van der Waals surface area contributed by atoms with Crippen LogP contribution in [0.3, 0.4) is 0 Å². The van der Waals surface area contributed by atoms with Crippen molar-refractivity contribution < 1.29 is 4.74 Å². The summed E-state index contributed by atoms with van der Waals surface area (Å²) in [5.74, 6) is 0.606. The highest BCUT2D eigenvalue weighted by atomic mass is 35.5. The minimum absolute atomic E-state index is 0.602. The Hall–Kier alpha value is -0.0500. The van der Waals surface area contributed by atoms with Crippen LogP contribution in [0, 0.1) is 0 Å². The van der Waals surface area contributed by atoms with E-state index in [-0.39, 0.29) is 0 Å². The van der Waals surface area contributed by atoms with Crippen LogP contribution < -0.4 is 0 Å². The summed E-state index contributed by atoms with van der Waals surface area (Å²) in [4.78, 5) is 2.30. The first-order valence-corrected chi connectivity index (χ1v) is 4.87. The van der Waals surface area contributed by atoms with Gasteiger partial charge in [0.25, 0.3) is 0 Å². The third kappa shape index (κ3) is 3.13. The molecule has 1 rings (SSSR count). The summed E-state index contributed by atoms with van der Waals surface area (Å²) in [5.41, 5.74) is 0. The Bertz CT molecular complexity index is 143. The fourth-order valence-corrected chi connectivity index (χ4v) is 1.45. The molecule has 12 heavy (non-hydrogen) atoms. The average Bonchev–Trinajstić information content (AvgIpc) is 2.56. The van der Waals surface area contributed by atoms with Crippen molar-refractivity contribution in [1.29, 1.82) is 0 Å². The van der Waals surface area contributed by atoms with E-state index in [2.05, 4.69) is 18.0 Å². The lowest BCUT2D eigenvalue weighted by molar-refractivity contribution is 0.165. The Morgan fingerprint density at radius 3 is 3.00 bits per heavy atom. The normalized spacial score (nSPS) is 24.4. The molecule has 0 aromatic carbocycles. The quantitative estimate of drug-likeness (QED) is 0.491. The predicted molar refractivity (Wildman–Crippen MR) is 51.7 cm³/mol. The SMILES string of the molecule is CN(C/C=C/CCl)C1CCOC1. The van der Waals surface area contributed by atoms with Gasteiger partial charge in [-0.05, 0) is 13.5 Å². The maximum absolute atomic E-state index is 5.51. The standard InChI is InChI=1S/C9H16ClNO/c1-11(6-3-2-5-10)9-4-7-12-8-9/h2-3,9H,4-8H2,1H3/b3-2+. The molecule has 0 saturated carbocycles. The number of alkyl halides is 1. The maximum Gasteiger partial charge on any atom is 0.0622 e. The van der Waals surface area contributed by atoms with Crippen molar-refractivity contribution in [3.8, 4) is 0 Å². The van der Waals surface area contributed by atoms with Gasteiger partial charge in [0.15, 0.2) is 0 Å². The Kier molecular flexibility index (Phi) is 4.66. The molecule has 0 aromatic heterocycles. The largest absolute Gasteiger partial charge is 0.380 e. The van der Waals surface area contributed by atoms with Gasteiger partial charge in [-0.25, -0.2) is 0 Å². The van der Waals surface area contributed by atoms with Gasteiger partial charge in [-0.3, -0.25) is 4.90 Å². The molecule has 0 spiro atoms. The van der Waals surface area contributed by atoms with E-state index >= 15 is 0 Å². The molecular weight excluding hydrogens is 174 g/mol. The zero-order chi connectivity index (χ0) is 8.81. The second-order valence-electron chi connectivity index (χ2n) is 3.08. The lowest BCUT2D eigenvalue weighted by Gasteiger charge is -2.20. The van der Waals surface area contributed by atoms with E-state index in [1.54, 1.807) is 0 Å². The van der Waals surface area contributed by atoms with Gasteiger partial charge in [0.1, 0.15) is 0 Å². The Morgan fingerprint density at radius 1 is 1.58 bits per heavy atom. The first-order chi connectivity index (χ1) is 5.84. The van der Waals surface area contributed by atoms with Gasteiger partial charge in [0.05, 0.1) is 6.61 Å². The zero-order valence-corrected chi connectivity index (χ0v) is 8.26. The summed E-state index contributed by atoms with van der Waals surface area (Å²) < 4.78 is 5.29. The minimum atomic E-state index is 0.602. The lowest BCUT2D eigenvalue weighted by Crippen LogP contribution is -2.31. The smallest absolute Gasteiger partial charge is 0.0622 e. The highest BCUT2D eigenvalue weighted by Crippen LogP contribution is 2.09. The lowest BCUT2D eigenvalue weighted by atomic mass is 10.2. The van der Waals surface area contributed by atoms with E-state index in [1.807, 2.05) is 6.08 Å². The van der Waals surface area contributed by atoms with Crippen LogP contribution in [0.1, 0.15) is 6.42 Å². The molecule has 0 bridgehead atoms. The molecule has 1 heterocycles. The summed E-state index contributed by atoms with van der Waals surface area (Å²) in [7, 11) is 2.12. The predicted octanol–water partition coefficient (Wildman–Crippen LogP) is 1.50. The molecule has 1 saturated heterocycles. The molecule has 0 amide bonds. The first kappa shape index (κ1) is 10.0. The van der Waals surface area contributed by atoms with Crippen LogP contribution in [0.5, 0.6) is 0 Å². The zero-order valence-electron chi connectivity index (χ0n) is 7.50. The van der Waals surface area contributed by atoms with Gasteiger partial charge in [0.2, 0.25) is 0 Å². The molecule has 1 aliphatic heterocycles. The molecule has 1 fully saturated rings. The van der Waals surface area contributed by atoms with Crippen LogP contribution in [-0.4, -0.2) is 43.6 Å². The molecule has 1 aliphatic rings. The van der Waals surface area contributed by atoms with Crippen LogP contribution in [0.25, 0.3) is 0 Å². The van der Waals surface area contributed by atoms with Crippen LogP contribution in [0.2, 0.25) is 0 Å². The van der Waals surface area contributed by atoms with E-state index in [0.717, 1.165) is 26.2 Å². The summed E-state index contributed by atoms with van der Waals surface area (Å²) in [6.45, 7) is 2.76. The summed E-state index contributed by atoms with van der Waals surface area (Å²) in [6, 6.07) is 0.602. The maximum atomic E-state index is 5.51. The fourth-order valence-electron chi connectivity index (χ4n) is 1.32. The second-order valence-corrected chi connectivity index (χ2v) is 3.39. The number of hydrogen-bond acceptors (Lipinski definition) is 2. The summed E-state index contributed by atoms with van der Waals surface area (Å²) in [5, 5.41) is 0. The molecule has 2 nitrogen and oxygen atoms in total. The topological polar surface area (TPSA) is 12.5 Å².